The maximum absolute atomic E-state index is 15.4. The molecule has 1 saturated heterocycles. The zero-order valence-electron chi connectivity index (χ0n) is 16.8. The Kier molecular flexibility index (Phi) is 5.87. The van der Waals surface area contributed by atoms with Crippen molar-refractivity contribution in [2.24, 2.45) is 0 Å². The quantitative estimate of drug-likeness (QED) is 0.566. The highest BCUT2D eigenvalue weighted by Gasteiger charge is 2.41. The van der Waals surface area contributed by atoms with E-state index in [2.05, 4.69) is 15.3 Å². The number of halogens is 2. The molecule has 2 aromatic heterocycles. The van der Waals surface area contributed by atoms with Gasteiger partial charge in [-0.1, -0.05) is 17.4 Å². The first-order chi connectivity index (χ1) is 14.8. The fourth-order valence-corrected chi connectivity index (χ4v) is 4.58. The Bertz CT molecular complexity index is 1120. The zero-order valence-corrected chi connectivity index (χ0v) is 17.6. The van der Waals surface area contributed by atoms with Crippen molar-refractivity contribution in [3.8, 4) is 0 Å². The normalized spacial score (nSPS) is 17.0. The number of fused-ring (bicyclic) bond motifs is 1. The Balaban J connectivity index is 1.41. The first kappa shape index (κ1) is 21.5. The van der Waals surface area contributed by atoms with Crippen LogP contribution in [0.25, 0.3) is 10.2 Å². The number of urea groups is 1. The standard InChI is InChI=1S/C21H22F2N4O3S/c1-12-2-3-15-17(8-12)31-19(25-15)26-20(30)27-6-4-21(23,5-7-27)18-14(22)9-13(10-24-18)16(29)11-28/h2-3,8-10,16,28-29H,4-7,11H2,1H3,(H,25,26,30)/t16-/m0/s1. The number of aliphatic hydroxyl groups excluding tert-OH is 2. The lowest BCUT2D eigenvalue weighted by molar-refractivity contribution is 0.0639. The molecule has 1 fully saturated rings. The van der Waals surface area contributed by atoms with Crippen molar-refractivity contribution in [3.63, 3.8) is 0 Å². The lowest BCUT2D eigenvalue weighted by Gasteiger charge is -2.36. The van der Waals surface area contributed by atoms with Crippen molar-refractivity contribution in [3.05, 3.63) is 53.1 Å². The molecule has 164 valence electrons. The number of piperidine rings is 1. The van der Waals surface area contributed by atoms with Crippen LogP contribution in [0, 0.1) is 12.7 Å². The van der Waals surface area contributed by atoms with E-state index in [0.29, 0.717) is 5.13 Å². The van der Waals surface area contributed by atoms with Crippen molar-refractivity contribution in [1.29, 1.82) is 0 Å². The maximum Gasteiger partial charge on any atom is 0.323 e. The molecule has 0 spiro atoms. The van der Waals surface area contributed by atoms with E-state index in [1.807, 2.05) is 25.1 Å². The van der Waals surface area contributed by atoms with Gasteiger partial charge < -0.3 is 15.1 Å². The largest absolute Gasteiger partial charge is 0.393 e. The molecule has 1 atom stereocenters. The van der Waals surface area contributed by atoms with Gasteiger partial charge in [-0.05, 0) is 30.7 Å². The third kappa shape index (κ3) is 4.36. The van der Waals surface area contributed by atoms with Gasteiger partial charge >= 0.3 is 6.03 Å². The molecule has 0 bridgehead atoms. The minimum Gasteiger partial charge on any atom is -0.393 e. The number of aliphatic hydroxyl groups is 2. The number of carbonyl (C=O) groups excluding carboxylic acids is 1. The molecule has 3 aromatic rings. The number of anilines is 1. The fourth-order valence-electron chi connectivity index (χ4n) is 3.63. The van der Waals surface area contributed by atoms with Crippen LogP contribution in [0.3, 0.4) is 0 Å². The summed E-state index contributed by atoms with van der Waals surface area (Å²) in [5.74, 6) is -0.879. The number of carbonyl (C=O) groups is 1. The van der Waals surface area contributed by atoms with Crippen LogP contribution in [0.4, 0.5) is 18.7 Å². The van der Waals surface area contributed by atoms with Crippen LogP contribution in [-0.4, -0.2) is 50.8 Å². The van der Waals surface area contributed by atoms with E-state index in [-0.39, 0.29) is 43.2 Å². The average Bonchev–Trinajstić information content (AvgIpc) is 3.14. The van der Waals surface area contributed by atoms with Gasteiger partial charge in [0.15, 0.2) is 10.8 Å². The van der Waals surface area contributed by atoms with E-state index in [0.717, 1.165) is 28.0 Å². The van der Waals surface area contributed by atoms with Crippen LogP contribution in [0.15, 0.2) is 30.5 Å². The minimum atomic E-state index is -2.02. The second kappa shape index (κ2) is 8.45. The van der Waals surface area contributed by atoms with Crippen molar-refractivity contribution in [2.45, 2.75) is 31.5 Å². The summed E-state index contributed by atoms with van der Waals surface area (Å²) < 4.78 is 30.9. The molecule has 31 heavy (non-hydrogen) atoms. The van der Waals surface area contributed by atoms with Gasteiger partial charge in [0.25, 0.3) is 0 Å². The number of hydrogen-bond donors (Lipinski definition) is 3. The molecule has 10 heteroatoms. The van der Waals surface area contributed by atoms with E-state index in [9.17, 15) is 14.3 Å². The number of aromatic nitrogens is 2. The Morgan fingerprint density at radius 3 is 2.77 bits per heavy atom. The number of thiazole rings is 1. The maximum atomic E-state index is 15.4. The highest BCUT2D eigenvalue weighted by atomic mass is 32.1. The Morgan fingerprint density at radius 2 is 2.10 bits per heavy atom. The van der Waals surface area contributed by atoms with E-state index >= 15 is 4.39 Å². The number of rotatable bonds is 4. The highest BCUT2D eigenvalue weighted by Crippen LogP contribution is 2.38. The molecule has 1 aromatic carbocycles. The van der Waals surface area contributed by atoms with Crippen molar-refractivity contribution < 1.29 is 23.8 Å². The summed E-state index contributed by atoms with van der Waals surface area (Å²) in [5, 5.41) is 21.8. The molecule has 3 N–H and O–H groups in total. The van der Waals surface area contributed by atoms with Crippen molar-refractivity contribution in [1.82, 2.24) is 14.9 Å². The average molecular weight is 448 g/mol. The number of hydrogen-bond acceptors (Lipinski definition) is 6. The Morgan fingerprint density at radius 1 is 1.35 bits per heavy atom. The van der Waals surface area contributed by atoms with Crippen LogP contribution in [-0.2, 0) is 5.67 Å². The molecule has 2 amide bonds. The number of nitrogens with one attached hydrogen (secondary N) is 1. The van der Waals surface area contributed by atoms with Gasteiger partial charge in [-0.25, -0.2) is 18.6 Å². The third-order valence-corrected chi connectivity index (χ3v) is 6.38. The fraction of sp³-hybridized carbons (Fsp3) is 0.381. The van der Waals surface area contributed by atoms with Gasteiger partial charge in [-0.15, -0.1) is 0 Å². The SMILES string of the molecule is Cc1ccc2nc(NC(=O)N3CCC(F)(c4ncc([C@@H](O)CO)cc4F)CC3)sc2c1. The second-order valence-electron chi connectivity index (χ2n) is 7.67. The summed E-state index contributed by atoms with van der Waals surface area (Å²) in [4.78, 5) is 22.3. The Hall–Kier alpha value is -2.69. The number of aryl methyl sites for hydroxylation is 1. The summed E-state index contributed by atoms with van der Waals surface area (Å²) in [6.07, 6.45) is -0.325. The van der Waals surface area contributed by atoms with Crippen molar-refractivity contribution >= 4 is 32.7 Å². The summed E-state index contributed by atoms with van der Waals surface area (Å²) in [6.45, 7) is 1.58. The molecule has 4 rings (SSSR count). The van der Waals surface area contributed by atoms with Crippen LogP contribution in [0.2, 0.25) is 0 Å². The number of benzene rings is 1. The first-order valence-electron chi connectivity index (χ1n) is 9.86. The number of amides is 2. The first-order valence-corrected chi connectivity index (χ1v) is 10.7. The Labute approximate surface area is 181 Å². The molecule has 1 aliphatic heterocycles. The lowest BCUT2D eigenvalue weighted by Crippen LogP contribution is -2.45. The van der Waals surface area contributed by atoms with Crippen LogP contribution < -0.4 is 5.32 Å². The molecule has 7 nitrogen and oxygen atoms in total. The number of likely N-dealkylation sites (tertiary alicyclic amines) is 1. The smallest absolute Gasteiger partial charge is 0.323 e. The summed E-state index contributed by atoms with van der Waals surface area (Å²) in [5.41, 5.74) is -0.386. The molecule has 0 radical (unpaired) electrons. The lowest BCUT2D eigenvalue weighted by atomic mass is 9.89. The topological polar surface area (TPSA) is 98.6 Å². The molecule has 0 saturated carbocycles. The molecule has 3 heterocycles. The molecule has 0 unspecified atom stereocenters. The van der Waals surface area contributed by atoms with Crippen LogP contribution in [0.5, 0.6) is 0 Å². The van der Waals surface area contributed by atoms with Gasteiger partial charge in [-0.2, -0.15) is 0 Å². The molecule has 1 aliphatic rings. The number of nitrogens with zero attached hydrogens (tertiary/aromatic N) is 3. The predicted molar refractivity (Wildman–Crippen MR) is 113 cm³/mol. The minimum absolute atomic E-state index is 0.0789. The summed E-state index contributed by atoms with van der Waals surface area (Å²) in [7, 11) is 0. The van der Waals surface area contributed by atoms with Gasteiger partial charge in [0.05, 0.1) is 16.8 Å². The number of alkyl halides is 1. The van der Waals surface area contributed by atoms with E-state index in [4.69, 9.17) is 5.11 Å². The summed E-state index contributed by atoms with van der Waals surface area (Å²) >= 11 is 1.37. The van der Waals surface area contributed by atoms with Crippen LogP contribution in [0.1, 0.15) is 35.8 Å². The summed E-state index contributed by atoms with van der Waals surface area (Å²) in [6, 6.07) is 6.43. The van der Waals surface area contributed by atoms with Gasteiger partial charge in [0.1, 0.15) is 17.6 Å². The predicted octanol–water partition coefficient (Wildman–Crippen LogP) is 3.66. The highest BCUT2D eigenvalue weighted by molar-refractivity contribution is 7.22. The van der Waals surface area contributed by atoms with Crippen LogP contribution >= 0.6 is 11.3 Å². The van der Waals surface area contributed by atoms with Gasteiger partial charge in [0.2, 0.25) is 0 Å². The van der Waals surface area contributed by atoms with E-state index in [1.165, 1.54) is 16.2 Å². The number of pyridine rings is 1. The van der Waals surface area contributed by atoms with E-state index in [1.54, 1.807) is 0 Å². The van der Waals surface area contributed by atoms with E-state index < -0.39 is 24.2 Å². The molecular weight excluding hydrogens is 426 g/mol. The van der Waals surface area contributed by atoms with Gasteiger partial charge in [-0.3, -0.25) is 10.3 Å². The van der Waals surface area contributed by atoms with Gasteiger partial charge in [0, 0.05) is 37.7 Å². The van der Waals surface area contributed by atoms with Crippen molar-refractivity contribution in [2.75, 3.05) is 25.0 Å². The zero-order chi connectivity index (χ0) is 22.2. The monoisotopic (exact) mass is 448 g/mol. The second-order valence-corrected chi connectivity index (χ2v) is 8.70. The molecule has 0 aliphatic carbocycles. The molecular formula is C21H22F2N4O3S. The third-order valence-electron chi connectivity index (χ3n) is 5.45.